The molecule has 0 aliphatic rings. The lowest BCUT2D eigenvalue weighted by molar-refractivity contribution is 0.0950. The molecule has 1 amide bonds. The lowest BCUT2D eigenvalue weighted by atomic mass is 10.1. The van der Waals surface area contributed by atoms with E-state index in [-0.39, 0.29) is 5.91 Å². The molecule has 0 bridgehead atoms. The first-order chi connectivity index (χ1) is 16.1. The summed E-state index contributed by atoms with van der Waals surface area (Å²) in [5, 5.41) is 7.29. The van der Waals surface area contributed by atoms with Crippen LogP contribution in [-0.2, 0) is 20.0 Å². The Labute approximate surface area is 189 Å². The van der Waals surface area contributed by atoms with Crippen LogP contribution in [0.3, 0.4) is 0 Å². The molecule has 0 aliphatic heterocycles. The van der Waals surface area contributed by atoms with Gasteiger partial charge < -0.3 is 11.1 Å². The number of anilines is 1. The van der Waals surface area contributed by atoms with E-state index < -0.39 is 0 Å². The molecular weight excluding hydrogens is 416 g/mol. The van der Waals surface area contributed by atoms with Crippen LogP contribution in [0.15, 0.2) is 73.4 Å². The summed E-state index contributed by atoms with van der Waals surface area (Å²) in [6, 6.07) is 17.9. The van der Waals surface area contributed by atoms with Gasteiger partial charge in [0.15, 0.2) is 17.0 Å². The number of nitrogens with zero attached hydrogens (tertiary/aromatic N) is 6. The van der Waals surface area contributed by atoms with Gasteiger partial charge in [-0.1, -0.05) is 42.5 Å². The van der Waals surface area contributed by atoms with Crippen molar-refractivity contribution in [1.29, 1.82) is 0 Å². The third-order valence-electron chi connectivity index (χ3n) is 5.55. The van der Waals surface area contributed by atoms with Crippen molar-refractivity contribution in [2.45, 2.75) is 13.0 Å². The van der Waals surface area contributed by atoms with Crippen molar-refractivity contribution >= 4 is 22.9 Å². The van der Waals surface area contributed by atoms with Crippen molar-refractivity contribution in [3.05, 3.63) is 95.8 Å². The number of hydrogen-bond donors (Lipinski definition) is 2. The fourth-order valence-electron chi connectivity index (χ4n) is 3.75. The van der Waals surface area contributed by atoms with Crippen molar-refractivity contribution in [2.75, 3.05) is 5.73 Å². The van der Waals surface area contributed by atoms with Gasteiger partial charge >= 0.3 is 0 Å². The quantitative estimate of drug-likeness (QED) is 0.421. The Morgan fingerprint density at radius 1 is 1.00 bits per heavy atom. The molecule has 0 unspecified atom stereocenters. The van der Waals surface area contributed by atoms with Crippen LogP contribution in [0, 0.1) is 0 Å². The molecular formula is C24H22N8O. The van der Waals surface area contributed by atoms with Crippen molar-refractivity contribution in [3.63, 3.8) is 0 Å². The van der Waals surface area contributed by atoms with Gasteiger partial charge in [0.05, 0.1) is 17.5 Å². The molecule has 3 heterocycles. The standard InChI is InChI=1S/C24H22N8O/c1-31-20(11-16-5-3-2-4-6-16)19(13-30-31)24(33)26-12-17-7-9-18(10-8-17)32-15-29-21-22(25)27-14-28-23(21)32/h2-10,13-15H,11-12H2,1H3,(H,26,33)(H2,25,27,28). The molecule has 0 saturated heterocycles. The molecule has 0 atom stereocenters. The average molecular weight is 438 g/mol. The number of benzene rings is 2. The van der Waals surface area contributed by atoms with Gasteiger partial charge in [-0.2, -0.15) is 5.10 Å². The van der Waals surface area contributed by atoms with E-state index in [1.165, 1.54) is 6.33 Å². The number of amides is 1. The number of nitrogen functional groups attached to an aromatic ring is 1. The Hall–Kier alpha value is -4.53. The van der Waals surface area contributed by atoms with Crippen LogP contribution < -0.4 is 11.1 Å². The minimum absolute atomic E-state index is 0.147. The number of carbonyl (C=O) groups is 1. The van der Waals surface area contributed by atoms with Gasteiger partial charge in [-0.15, -0.1) is 0 Å². The molecule has 5 rings (SSSR count). The average Bonchev–Trinajstić information content (AvgIpc) is 3.43. The van der Waals surface area contributed by atoms with Crippen molar-refractivity contribution in [2.24, 2.45) is 7.05 Å². The van der Waals surface area contributed by atoms with Crippen LogP contribution in [-0.4, -0.2) is 35.2 Å². The maximum Gasteiger partial charge on any atom is 0.255 e. The van der Waals surface area contributed by atoms with Crippen LogP contribution in [0.4, 0.5) is 5.82 Å². The molecule has 0 radical (unpaired) electrons. The van der Waals surface area contributed by atoms with Crippen LogP contribution in [0.2, 0.25) is 0 Å². The Morgan fingerprint density at radius 3 is 2.58 bits per heavy atom. The Bertz CT molecular complexity index is 1420. The first-order valence-electron chi connectivity index (χ1n) is 10.5. The topological polar surface area (TPSA) is 117 Å². The third-order valence-corrected chi connectivity index (χ3v) is 5.55. The summed E-state index contributed by atoms with van der Waals surface area (Å²) in [6.45, 7) is 0.401. The summed E-state index contributed by atoms with van der Waals surface area (Å²) in [5.41, 5.74) is 11.5. The summed E-state index contributed by atoms with van der Waals surface area (Å²) in [4.78, 5) is 25.4. The zero-order valence-corrected chi connectivity index (χ0v) is 18.0. The zero-order chi connectivity index (χ0) is 22.8. The van der Waals surface area contributed by atoms with Crippen molar-refractivity contribution in [3.8, 4) is 5.69 Å². The number of imidazole rings is 1. The molecule has 3 N–H and O–H groups in total. The van der Waals surface area contributed by atoms with E-state index in [2.05, 4.69) is 25.4 Å². The Kier molecular flexibility index (Phi) is 5.27. The maximum absolute atomic E-state index is 12.9. The van der Waals surface area contributed by atoms with Gasteiger partial charge in [0.2, 0.25) is 0 Å². The number of aromatic nitrogens is 6. The van der Waals surface area contributed by atoms with Gasteiger partial charge in [0.1, 0.15) is 12.7 Å². The third kappa shape index (κ3) is 4.03. The Morgan fingerprint density at radius 2 is 1.79 bits per heavy atom. The second kappa shape index (κ2) is 8.54. The van der Waals surface area contributed by atoms with Gasteiger partial charge in [-0.3, -0.25) is 14.0 Å². The summed E-state index contributed by atoms with van der Waals surface area (Å²) in [5.74, 6) is 0.200. The summed E-state index contributed by atoms with van der Waals surface area (Å²) >= 11 is 0. The zero-order valence-electron chi connectivity index (χ0n) is 18.0. The minimum atomic E-state index is -0.147. The van der Waals surface area contributed by atoms with Crippen LogP contribution >= 0.6 is 0 Å². The highest BCUT2D eigenvalue weighted by molar-refractivity contribution is 5.95. The summed E-state index contributed by atoms with van der Waals surface area (Å²) in [7, 11) is 1.85. The van der Waals surface area contributed by atoms with Crippen LogP contribution in [0.1, 0.15) is 27.2 Å². The van der Waals surface area contributed by atoms with E-state index >= 15 is 0 Å². The predicted octanol–water partition coefficient (Wildman–Crippen LogP) is 2.65. The molecule has 5 aromatic rings. The number of rotatable bonds is 6. The van der Waals surface area contributed by atoms with E-state index in [0.717, 1.165) is 22.5 Å². The van der Waals surface area contributed by atoms with E-state index in [1.807, 2.05) is 66.2 Å². The Balaban J connectivity index is 1.28. The molecule has 33 heavy (non-hydrogen) atoms. The first kappa shape index (κ1) is 20.4. The molecule has 9 heteroatoms. The van der Waals surface area contributed by atoms with E-state index in [1.54, 1.807) is 17.2 Å². The largest absolute Gasteiger partial charge is 0.382 e. The monoisotopic (exact) mass is 438 g/mol. The van der Waals surface area contributed by atoms with Gasteiger partial charge in [0.25, 0.3) is 5.91 Å². The molecule has 9 nitrogen and oxygen atoms in total. The van der Waals surface area contributed by atoms with E-state index in [4.69, 9.17) is 5.73 Å². The number of aryl methyl sites for hydroxylation is 1. The number of fused-ring (bicyclic) bond motifs is 1. The molecule has 3 aromatic heterocycles. The molecule has 0 aliphatic carbocycles. The second-order valence-electron chi connectivity index (χ2n) is 7.69. The van der Waals surface area contributed by atoms with Crippen LogP contribution in [0.25, 0.3) is 16.9 Å². The molecule has 164 valence electrons. The fourth-order valence-corrected chi connectivity index (χ4v) is 3.75. The van der Waals surface area contributed by atoms with Gasteiger partial charge in [-0.25, -0.2) is 15.0 Å². The SMILES string of the molecule is Cn1ncc(C(=O)NCc2ccc(-n3cnc4c(N)ncnc43)cc2)c1Cc1ccccc1. The normalized spacial score (nSPS) is 11.1. The molecule has 0 saturated carbocycles. The van der Waals surface area contributed by atoms with Crippen LogP contribution in [0.5, 0.6) is 0 Å². The number of nitrogens with one attached hydrogen (secondary N) is 1. The van der Waals surface area contributed by atoms with Gasteiger partial charge in [-0.05, 0) is 23.3 Å². The van der Waals surface area contributed by atoms with Gasteiger partial charge in [0, 0.05) is 25.7 Å². The van der Waals surface area contributed by atoms with Crippen molar-refractivity contribution < 1.29 is 4.79 Å². The maximum atomic E-state index is 12.9. The van der Waals surface area contributed by atoms with E-state index in [9.17, 15) is 4.79 Å². The number of nitrogens with two attached hydrogens (primary N) is 1. The lowest BCUT2D eigenvalue weighted by Crippen LogP contribution is -2.24. The minimum Gasteiger partial charge on any atom is -0.382 e. The molecule has 0 spiro atoms. The lowest BCUT2D eigenvalue weighted by Gasteiger charge is -2.09. The smallest absolute Gasteiger partial charge is 0.255 e. The first-order valence-corrected chi connectivity index (χ1v) is 10.5. The highest BCUT2D eigenvalue weighted by atomic mass is 16.1. The fraction of sp³-hybridized carbons (Fsp3) is 0.125. The second-order valence-corrected chi connectivity index (χ2v) is 7.69. The summed E-state index contributed by atoms with van der Waals surface area (Å²) < 4.78 is 3.60. The molecule has 0 fully saturated rings. The summed E-state index contributed by atoms with van der Waals surface area (Å²) in [6.07, 6.45) is 5.35. The van der Waals surface area contributed by atoms with E-state index in [0.29, 0.717) is 35.5 Å². The number of carbonyl (C=O) groups excluding carboxylic acids is 1. The highest BCUT2D eigenvalue weighted by Crippen LogP contribution is 2.19. The molecule has 2 aromatic carbocycles. The van der Waals surface area contributed by atoms with Crippen molar-refractivity contribution in [1.82, 2.24) is 34.6 Å². The number of hydrogen-bond acceptors (Lipinski definition) is 6. The highest BCUT2D eigenvalue weighted by Gasteiger charge is 2.16. The predicted molar refractivity (Wildman–Crippen MR) is 125 cm³/mol.